The number of hydrogen-bond donors (Lipinski definition) is 2. The van der Waals surface area contributed by atoms with E-state index < -0.39 is 0 Å². The molecule has 0 amide bonds. The maximum absolute atomic E-state index is 11.0. The van der Waals surface area contributed by atoms with E-state index in [-0.39, 0.29) is 29.9 Å². The fourth-order valence-corrected chi connectivity index (χ4v) is 1.78. The summed E-state index contributed by atoms with van der Waals surface area (Å²) in [4.78, 5) is 15.4. The highest BCUT2D eigenvalue weighted by Gasteiger charge is 2.01. The average Bonchev–Trinajstić information content (AvgIpc) is 3.01. The Morgan fingerprint density at radius 2 is 2.14 bits per heavy atom. The Morgan fingerprint density at radius 3 is 2.77 bits per heavy atom. The van der Waals surface area contributed by atoms with Gasteiger partial charge in [0.25, 0.3) is 0 Å². The summed E-state index contributed by atoms with van der Waals surface area (Å²) < 4.78 is 9.85. The van der Waals surface area contributed by atoms with E-state index in [0.717, 1.165) is 44.1 Å². The molecule has 0 aromatic carbocycles. The molecule has 0 saturated carbocycles. The molecule has 0 aliphatic carbocycles. The van der Waals surface area contributed by atoms with Crippen LogP contribution in [-0.4, -0.2) is 32.1 Å². The summed E-state index contributed by atoms with van der Waals surface area (Å²) in [5, 5.41) is 6.45. The Labute approximate surface area is 149 Å². The van der Waals surface area contributed by atoms with Crippen LogP contribution < -0.4 is 10.6 Å². The number of aliphatic imine (C=N–C) groups is 1. The lowest BCUT2D eigenvalue weighted by atomic mass is 10.2. The van der Waals surface area contributed by atoms with Crippen molar-refractivity contribution in [3.63, 3.8) is 0 Å². The Bertz CT molecular complexity index is 422. The van der Waals surface area contributed by atoms with Crippen LogP contribution in [0.5, 0.6) is 0 Å². The molecule has 0 radical (unpaired) electrons. The van der Waals surface area contributed by atoms with Crippen molar-refractivity contribution in [1.29, 1.82) is 0 Å². The first-order valence-corrected chi connectivity index (χ1v) is 7.37. The molecule has 7 heteroatoms. The van der Waals surface area contributed by atoms with Crippen molar-refractivity contribution in [3.8, 4) is 0 Å². The predicted octanol–water partition coefficient (Wildman–Crippen LogP) is 2.69. The molecule has 0 fully saturated rings. The number of carbonyl (C=O) groups is 1. The Balaban J connectivity index is 0.00000441. The Hall–Kier alpha value is -1.25. The second-order valence-corrected chi connectivity index (χ2v) is 4.59. The van der Waals surface area contributed by atoms with E-state index in [1.165, 1.54) is 7.11 Å². The molecule has 1 aromatic rings. The second kappa shape index (κ2) is 13.4. The summed E-state index contributed by atoms with van der Waals surface area (Å²) in [6, 6.07) is 3.76. The van der Waals surface area contributed by atoms with Crippen LogP contribution in [0.4, 0.5) is 0 Å². The van der Waals surface area contributed by atoms with Gasteiger partial charge in [-0.3, -0.25) is 4.79 Å². The van der Waals surface area contributed by atoms with E-state index in [1.54, 1.807) is 6.26 Å². The Kier molecular flexibility index (Phi) is 12.7. The number of guanidine groups is 1. The SMILES string of the molecule is CCNC(=NCc1ccco1)NCCCCCC(=O)OC.I. The van der Waals surface area contributed by atoms with Gasteiger partial charge in [0, 0.05) is 19.5 Å². The quantitative estimate of drug-likeness (QED) is 0.210. The molecule has 1 heterocycles. The summed E-state index contributed by atoms with van der Waals surface area (Å²) in [7, 11) is 1.42. The number of nitrogens with zero attached hydrogens (tertiary/aromatic N) is 1. The fourth-order valence-electron chi connectivity index (χ4n) is 1.78. The number of furan rings is 1. The minimum atomic E-state index is -0.142. The minimum absolute atomic E-state index is 0. The first-order valence-electron chi connectivity index (χ1n) is 7.37. The molecule has 0 aliphatic heterocycles. The zero-order valence-corrected chi connectivity index (χ0v) is 15.6. The van der Waals surface area contributed by atoms with Gasteiger partial charge in [0.15, 0.2) is 5.96 Å². The number of ether oxygens (including phenoxy) is 1. The summed E-state index contributed by atoms with van der Waals surface area (Å²) in [6.45, 7) is 4.18. The van der Waals surface area contributed by atoms with E-state index in [4.69, 9.17) is 4.42 Å². The van der Waals surface area contributed by atoms with Crippen molar-refractivity contribution in [1.82, 2.24) is 10.6 Å². The molecule has 1 aromatic heterocycles. The van der Waals surface area contributed by atoms with Crippen LogP contribution in [0.1, 0.15) is 38.4 Å². The van der Waals surface area contributed by atoms with Gasteiger partial charge in [-0.25, -0.2) is 4.99 Å². The lowest BCUT2D eigenvalue weighted by molar-refractivity contribution is -0.140. The highest BCUT2D eigenvalue weighted by atomic mass is 127. The smallest absolute Gasteiger partial charge is 0.305 e. The number of esters is 1. The largest absolute Gasteiger partial charge is 0.469 e. The van der Waals surface area contributed by atoms with Crippen molar-refractivity contribution in [2.75, 3.05) is 20.2 Å². The number of methoxy groups -OCH3 is 1. The number of hydrogen-bond acceptors (Lipinski definition) is 4. The molecule has 22 heavy (non-hydrogen) atoms. The van der Waals surface area contributed by atoms with Crippen LogP contribution in [0, 0.1) is 0 Å². The topological polar surface area (TPSA) is 75.9 Å². The molecule has 0 bridgehead atoms. The maximum Gasteiger partial charge on any atom is 0.305 e. The van der Waals surface area contributed by atoms with Crippen molar-refractivity contribution in [2.45, 2.75) is 39.2 Å². The van der Waals surface area contributed by atoms with Gasteiger partial charge in [0.2, 0.25) is 0 Å². The number of halogens is 1. The van der Waals surface area contributed by atoms with Crippen LogP contribution >= 0.6 is 24.0 Å². The van der Waals surface area contributed by atoms with Gasteiger partial charge in [0.1, 0.15) is 12.3 Å². The average molecular weight is 423 g/mol. The van der Waals surface area contributed by atoms with Crippen molar-refractivity contribution < 1.29 is 13.9 Å². The van der Waals surface area contributed by atoms with E-state index in [2.05, 4.69) is 20.4 Å². The number of nitrogens with one attached hydrogen (secondary N) is 2. The highest BCUT2D eigenvalue weighted by molar-refractivity contribution is 14.0. The molecule has 0 spiro atoms. The van der Waals surface area contributed by atoms with E-state index >= 15 is 0 Å². The van der Waals surface area contributed by atoms with Gasteiger partial charge >= 0.3 is 5.97 Å². The third-order valence-corrected chi connectivity index (χ3v) is 2.90. The van der Waals surface area contributed by atoms with Gasteiger partial charge < -0.3 is 19.8 Å². The van der Waals surface area contributed by atoms with Crippen LogP contribution in [0.2, 0.25) is 0 Å². The first kappa shape index (κ1) is 20.8. The zero-order chi connectivity index (χ0) is 15.3. The van der Waals surface area contributed by atoms with Crippen LogP contribution in [-0.2, 0) is 16.1 Å². The third kappa shape index (κ3) is 9.64. The molecule has 126 valence electrons. The highest BCUT2D eigenvalue weighted by Crippen LogP contribution is 2.02. The monoisotopic (exact) mass is 423 g/mol. The minimum Gasteiger partial charge on any atom is -0.469 e. The maximum atomic E-state index is 11.0. The first-order chi connectivity index (χ1) is 10.3. The molecule has 0 aliphatic rings. The van der Waals surface area contributed by atoms with Gasteiger partial charge in [-0.15, -0.1) is 24.0 Å². The summed E-state index contributed by atoms with van der Waals surface area (Å²) in [5.74, 6) is 1.48. The standard InChI is InChI=1S/C15H25N3O3.HI/c1-3-16-15(18-12-13-8-7-11-21-13)17-10-6-4-5-9-14(19)20-2;/h7-8,11H,3-6,9-10,12H2,1-2H3,(H2,16,17,18);1H. The molecular weight excluding hydrogens is 397 g/mol. The second-order valence-electron chi connectivity index (χ2n) is 4.59. The lowest BCUT2D eigenvalue weighted by Gasteiger charge is -2.10. The molecular formula is C15H26IN3O3. The summed E-state index contributed by atoms with van der Waals surface area (Å²) >= 11 is 0. The van der Waals surface area contributed by atoms with Crippen LogP contribution in [0.15, 0.2) is 27.8 Å². The summed E-state index contributed by atoms with van der Waals surface area (Å²) in [6.07, 6.45) is 4.96. The lowest BCUT2D eigenvalue weighted by Crippen LogP contribution is -2.37. The van der Waals surface area contributed by atoms with Crippen molar-refractivity contribution in [2.24, 2.45) is 4.99 Å². The molecule has 0 atom stereocenters. The zero-order valence-electron chi connectivity index (χ0n) is 13.3. The van der Waals surface area contributed by atoms with Gasteiger partial charge in [0.05, 0.1) is 13.4 Å². The number of carbonyl (C=O) groups excluding carboxylic acids is 1. The van der Waals surface area contributed by atoms with Crippen LogP contribution in [0.3, 0.4) is 0 Å². The normalized spacial score (nSPS) is 10.7. The van der Waals surface area contributed by atoms with E-state index in [0.29, 0.717) is 13.0 Å². The van der Waals surface area contributed by atoms with Crippen LogP contribution in [0.25, 0.3) is 0 Å². The predicted molar refractivity (Wildman–Crippen MR) is 97.4 cm³/mol. The molecule has 6 nitrogen and oxygen atoms in total. The van der Waals surface area contributed by atoms with Gasteiger partial charge in [-0.05, 0) is 31.9 Å². The number of rotatable bonds is 9. The van der Waals surface area contributed by atoms with E-state index in [1.807, 2.05) is 19.1 Å². The molecule has 0 saturated heterocycles. The molecule has 2 N–H and O–H groups in total. The third-order valence-electron chi connectivity index (χ3n) is 2.90. The molecule has 1 rings (SSSR count). The van der Waals surface area contributed by atoms with Gasteiger partial charge in [-0.2, -0.15) is 0 Å². The Morgan fingerprint density at radius 1 is 1.32 bits per heavy atom. The van der Waals surface area contributed by atoms with E-state index in [9.17, 15) is 4.79 Å². The van der Waals surface area contributed by atoms with Gasteiger partial charge in [-0.1, -0.05) is 6.42 Å². The van der Waals surface area contributed by atoms with Crippen molar-refractivity contribution in [3.05, 3.63) is 24.2 Å². The van der Waals surface area contributed by atoms with Crippen molar-refractivity contribution >= 4 is 35.9 Å². The number of unbranched alkanes of at least 4 members (excludes halogenated alkanes) is 2. The fraction of sp³-hybridized carbons (Fsp3) is 0.600. The molecule has 0 unspecified atom stereocenters. The summed E-state index contributed by atoms with van der Waals surface area (Å²) in [5.41, 5.74) is 0.